The van der Waals surface area contributed by atoms with Gasteiger partial charge in [-0.05, 0) is 57.9 Å². The summed E-state index contributed by atoms with van der Waals surface area (Å²) in [5.41, 5.74) is 3.39. The molecule has 4 heterocycles. The lowest BCUT2D eigenvalue weighted by atomic mass is 9.98. The van der Waals surface area contributed by atoms with Gasteiger partial charge in [-0.1, -0.05) is 0 Å². The second-order valence-electron chi connectivity index (χ2n) is 7.82. The van der Waals surface area contributed by atoms with Crippen LogP contribution in [0.5, 0.6) is 0 Å². The monoisotopic (exact) mass is 381 g/mol. The van der Waals surface area contributed by atoms with Crippen LogP contribution in [0.4, 0.5) is 0 Å². The van der Waals surface area contributed by atoms with Crippen molar-refractivity contribution < 1.29 is 4.79 Å². The van der Waals surface area contributed by atoms with Crippen LogP contribution in [-0.2, 0) is 0 Å². The van der Waals surface area contributed by atoms with E-state index in [2.05, 4.69) is 32.4 Å². The number of piperidine rings is 1. The molecule has 27 heavy (non-hydrogen) atoms. The van der Waals surface area contributed by atoms with E-state index in [9.17, 15) is 4.79 Å². The van der Waals surface area contributed by atoms with Gasteiger partial charge in [0, 0.05) is 40.1 Å². The van der Waals surface area contributed by atoms with Crippen LogP contribution in [0.3, 0.4) is 0 Å². The van der Waals surface area contributed by atoms with Crippen LogP contribution in [0.25, 0.3) is 21.5 Å². The maximum Gasteiger partial charge on any atom is 0.272 e. The number of nitrogens with one attached hydrogen (secondary N) is 2. The fraction of sp³-hybridized carbons (Fsp3) is 0.450. The number of thiazole rings is 1. The van der Waals surface area contributed by atoms with Crippen molar-refractivity contribution in [1.82, 2.24) is 25.4 Å². The van der Waals surface area contributed by atoms with E-state index in [4.69, 9.17) is 0 Å². The first-order chi connectivity index (χ1) is 13.1. The Morgan fingerprint density at radius 2 is 2.07 bits per heavy atom. The number of benzene rings is 1. The van der Waals surface area contributed by atoms with Gasteiger partial charge in [0.25, 0.3) is 5.91 Å². The van der Waals surface area contributed by atoms with E-state index in [-0.39, 0.29) is 11.9 Å². The molecule has 2 aromatic heterocycles. The number of carbonyl (C=O) groups is 1. The molecule has 2 aliphatic rings. The minimum absolute atomic E-state index is 0.0809. The highest BCUT2D eigenvalue weighted by Crippen LogP contribution is 2.34. The van der Waals surface area contributed by atoms with Gasteiger partial charge in [0.2, 0.25) is 0 Å². The highest BCUT2D eigenvalue weighted by atomic mass is 32.1. The molecule has 1 amide bonds. The highest BCUT2D eigenvalue weighted by Gasteiger charge is 2.39. The van der Waals surface area contributed by atoms with Crippen LogP contribution in [0.2, 0.25) is 0 Å². The summed E-state index contributed by atoms with van der Waals surface area (Å²) >= 11 is 1.62. The average Bonchev–Trinajstić information content (AvgIpc) is 3.31. The Bertz CT molecular complexity index is 995. The average molecular weight is 382 g/mol. The number of amides is 1. The van der Waals surface area contributed by atoms with Crippen molar-refractivity contribution >= 4 is 28.1 Å². The molecule has 140 valence electrons. The van der Waals surface area contributed by atoms with Gasteiger partial charge in [0.05, 0.1) is 5.52 Å². The molecule has 1 aromatic carbocycles. The number of fused-ring (bicyclic) bond motifs is 3. The molecule has 1 unspecified atom stereocenters. The summed E-state index contributed by atoms with van der Waals surface area (Å²) in [6, 6.07) is 7.46. The van der Waals surface area contributed by atoms with Crippen LogP contribution >= 0.6 is 11.3 Å². The fourth-order valence-corrected chi connectivity index (χ4v) is 5.38. The van der Waals surface area contributed by atoms with Gasteiger partial charge in [-0.2, -0.15) is 5.10 Å². The Balaban J connectivity index is 1.40. The first-order valence-corrected chi connectivity index (χ1v) is 10.4. The van der Waals surface area contributed by atoms with Crippen molar-refractivity contribution in [3.05, 3.63) is 35.0 Å². The summed E-state index contributed by atoms with van der Waals surface area (Å²) in [5.74, 6) is -0.0809. The Hall–Kier alpha value is -2.25. The smallest absolute Gasteiger partial charge is 0.272 e. The topological polar surface area (TPSA) is 73.9 Å². The van der Waals surface area contributed by atoms with Crippen LogP contribution < -0.4 is 5.32 Å². The molecular weight excluding hydrogens is 358 g/mol. The Morgan fingerprint density at radius 3 is 2.78 bits per heavy atom. The first-order valence-electron chi connectivity index (χ1n) is 9.52. The quantitative estimate of drug-likeness (QED) is 0.730. The summed E-state index contributed by atoms with van der Waals surface area (Å²) in [4.78, 5) is 20.0. The molecular formula is C20H23N5OS. The molecule has 2 saturated heterocycles. The van der Waals surface area contributed by atoms with Gasteiger partial charge in [-0.3, -0.25) is 9.89 Å². The molecule has 0 aliphatic carbocycles. The lowest BCUT2D eigenvalue weighted by Crippen LogP contribution is -2.48. The lowest BCUT2D eigenvalue weighted by Gasteiger charge is -2.36. The Labute approximate surface area is 162 Å². The number of hydrogen-bond donors (Lipinski definition) is 2. The van der Waals surface area contributed by atoms with E-state index in [0.29, 0.717) is 17.8 Å². The molecule has 0 spiro atoms. The maximum atomic E-state index is 12.9. The molecule has 3 atom stereocenters. The highest BCUT2D eigenvalue weighted by molar-refractivity contribution is 7.13. The molecule has 5 rings (SSSR count). The number of carbonyl (C=O) groups excluding carboxylic acids is 1. The van der Waals surface area contributed by atoms with Gasteiger partial charge in [-0.15, -0.1) is 11.3 Å². The number of aryl methyl sites for hydroxylation is 1. The molecule has 7 heteroatoms. The zero-order valence-electron chi connectivity index (χ0n) is 15.5. The zero-order chi connectivity index (χ0) is 18.5. The normalized spacial score (nSPS) is 25.2. The summed E-state index contributed by atoms with van der Waals surface area (Å²) in [7, 11) is 2.21. The van der Waals surface area contributed by atoms with Gasteiger partial charge in [-0.25, -0.2) is 4.98 Å². The van der Waals surface area contributed by atoms with Crippen molar-refractivity contribution in [2.45, 2.75) is 50.7 Å². The van der Waals surface area contributed by atoms with E-state index >= 15 is 0 Å². The van der Waals surface area contributed by atoms with Crippen molar-refractivity contribution in [2.24, 2.45) is 0 Å². The molecule has 2 fully saturated rings. The van der Waals surface area contributed by atoms with Gasteiger partial charge in [0.15, 0.2) is 5.69 Å². The van der Waals surface area contributed by atoms with E-state index < -0.39 is 0 Å². The minimum Gasteiger partial charge on any atom is -0.348 e. The van der Waals surface area contributed by atoms with Crippen LogP contribution in [0.15, 0.2) is 23.6 Å². The molecule has 2 bridgehead atoms. The molecule has 0 radical (unpaired) electrons. The predicted octanol–water partition coefficient (Wildman–Crippen LogP) is 3.35. The Kier molecular flexibility index (Phi) is 4.02. The Morgan fingerprint density at radius 1 is 1.30 bits per heavy atom. The van der Waals surface area contributed by atoms with Gasteiger partial charge < -0.3 is 10.2 Å². The minimum atomic E-state index is -0.0809. The number of nitrogens with zero attached hydrogens (tertiary/aromatic N) is 3. The number of H-pyrrole nitrogens is 1. The third kappa shape index (κ3) is 2.95. The van der Waals surface area contributed by atoms with Crippen molar-refractivity contribution in [3.8, 4) is 10.6 Å². The van der Waals surface area contributed by atoms with E-state index in [1.54, 1.807) is 11.3 Å². The number of rotatable bonds is 3. The molecule has 6 nitrogen and oxygen atoms in total. The zero-order valence-corrected chi connectivity index (χ0v) is 16.3. The van der Waals surface area contributed by atoms with E-state index in [1.807, 2.05) is 30.5 Å². The van der Waals surface area contributed by atoms with Crippen LogP contribution in [-0.4, -0.2) is 51.2 Å². The third-order valence-corrected chi connectivity index (χ3v) is 7.09. The van der Waals surface area contributed by atoms with Crippen molar-refractivity contribution in [3.63, 3.8) is 0 Å². The summed E-state index contributed by atoms with van der Waals surface area (Å²) in [6.07, 6.45) is 4.56. The van der Waals surface area contributed by atoms with Gasteiger partial charge >= 0.3 is 0 Å². The van der Waals surface area contributed by atoms with E-state index in [1.165, 1.54) is 12.8 Å². The number of hydrogen-bond acceptors (Lipinski definition) is 5. The van der Waals surface area contributed by atoms with Crippen LogP contribution in [0, 0.1) is 6.92 Å². The summed E-state index contributed by atoms with van der Waals surface area (Å²) in [5, 5.41) is 14.4. The van der Waals surface area contributed by atoms with Crippen molar-refractivity contribution in [1.29, 1.82) is 0 Å². The third-order valence-electron chi connectivity index (χ3n) is 6.08. The second-order valence-corrected chi connectivity index (χ2v) is 8.68. The van der Waals surface area contributed by atoms with Gasteiger partial charge in [0.1, 0.15) is 5.01 Å². The maximum absolute atomic E-state index is 12.9. The number of aromatic nitrogens is 3. The lowest BCUT2D eigenvalue weighted by molar-refractivity contribution is 0.0879. The second kappa shape index (κ2) is 6.42. The first kappa shape index (κ1) is 16.9. The van der Waals surface area contributed by atoms with Crippen molar-refractivity contribution in [2.75, 3.05) is 7.05 Å². The standard InChI is InChI=1S/C20H23N5OS/c1-11-10-27-20(21-11)12-3-6-17-16(7-12)18(24-23-17)19(26)22-13-8-14-4-5-15(9-13)25(14)2/h3,6-7,10,13-15H,4-5,8-9H2,1-2H3,(H,22,26)(H,23,24)/t13?,14-,15+. The molecule has 0 saturated carbocycles. The largest absolute Gasteiger partial charge is 0.348 e. The number of aromatic amines is 1. The predicted molar refractivity (Wildman–Crippen MR) is 107 cm³/mol. The molecule has 2 aliphatic heterocycles. The summed E-state index contributed by atoms with van der Waals surface area (Å²) < 4.78 is 0. The summed E-state index contributed by atoms with van der Waals surface area (Å²) in [6.45, 7) is 1.99. The molecule has 2 N–H and O–H groups in total. The SMILES string of the molecule is Cc1csc(-c2ccc3[nH]nc(C(=O)NC4C[C@H]5CC[C@@H](C4)N5C)c3c2)n1. The van der Waals surface area contributed by atoms with E-state index in [0.717, 1.165) is 40.0 Å². The fourth-order valence-electron chi connectivity index (χ4n) is 4.59. The molecule has 3 aromatic rings. The van der Waals surface area contributed by atoms with Crippen LogP contribution in [0.1, 0.15) is 41.9 Å².